The van der Waals surface area contributed by atoms with Crippen LogP contribution in [0.1, 0.15) is 17.0 Å². The highest BCUT2D eigenvalue weighted by Crippen LogP contribution is 2.55. The molecule has 0 unspecified atom stereocenters. The lowest BCUT2D eigenvalue weighted by atomic mass is 9.58. The van der Waals surface area contributed by atoms with Gasteiger partial charge in [-0.1, -0.05) is 66.2 Å². The predicted octanol–water partition coefficient (Wildman–Crippen LogP) is 3.83. The van der Waals surface area contributed by atoms with Gasteiger partial charge < -0.3 is 10.8 Å². The summed E-state index contributed by atoms with van der Waals surface area (Å²) in [6.07, 6.45) is 1.86. The molecule has 1 aliphatic heterocycles. The van der Waals surface area contributed by atoms with Crippen LogP contribution in [-0.2, 0) is 11.3 Å². The fourth-order valence-corrected chi connectivity index (χ4v) is 5.15. The molecule has 6 nitrogen and oxygen atoms in total. The number of rotatable bonds is 4. The van der Waals surface area contributed by atoms with E-state index >= 15 is 0 Å². The van der Waals surface area contributed by atoms with Crippen LogP contribution in [-0.4, -0.2) is 29.1 Å². The van der Waals surface area contributed by atoms with Gasteiger partial charge in [-0.15, -0.1) is 0 Å². The van der Waals surface area contributed by atoms with E-state index in [4.69, 9.17) is 17.3 Å². The zero-order valence-electron chi connectivity index (χ0n) is 17.2. The lowest BCUT2D eigenvalue weighted by Crippen LogP contribution is -2.49. The first kappa shape index (κ1) is 21.6. The van der Waals surface area contributed by atoms with Crippen LogP contribution in [0, 0.1) is 34.0 Å². The van der Waals surface area contributed by atoms with Gasteiger partial charge in [0.05, 0.1) is 23.4 Å². The highest BCUT2D eigenvalue weighted by Gasteiger charge is 2.55. The van der Waals surface area contributed by atoms with Gasteiger partial charge in [-0.2, -0.15) is 10.5 Å². The number of aliphatic carboxylic acids is 1. The molecule has 0 bridgehead atoms. The summed E-state index contributed by atoms with van der Waals surface area (Å²) in [6, 6.07) is 21.1. The van der Waals surface area contributed by atoms with Gasteiger partial charge in [-0.25, -0.2) is 4.79 Å². The molecule has 2 aromatic carbocycles. The second kappa shape index (κ2) is 8.51. The molecule has 0 saturated heterocycles. The number of allylic oxidation sites excluding steroid dienone is 1. The minimum absolute atomic E-state index is 0.138. The Morgan fingerprint density at radius 2 is 1.81 bits per heavy atom. The van der Waals surface area contributed by atoms with Crippen molar-refractivity contribution in [3.63, 3.8) is 0 Å². The Kier molecular flexibility index (Phi) is 5.76. The Morgan fingerprint density at radius 1 is 1.16 bits per heavy atom. The van der Waals surface area contributed by atoms with Gasteiger partial charge in [0.15, 0.2) is 5.41 Å². The van der Waals surface area contributed by atoms with Crippen molar-refractivity contribution < 1.29 is 9.90 Å². The van der Waals surface area contributed by atoms with Gasteiger partial charge in [0.1, 0.15) is 0 Å². The Balaban J connectivity index is 1.89. The molecular formula is C25H21ClN4O2. The molecule has 3 N–H and O–H groups in total. The Hall–Kier alpha value is -3.58. The SMILES string of the molecule is N#CC1(C#N)C(N)=C(C(=O)O)C2=CCN(Cc3ccccc3)C[C@H]2[C@@H]1c1ccccc1Cl. The van der Waals surface area contributed by atoms with Gasteiger partial charge in [0.25, 0.3) is 0 Å². The van der Waals surface area contributed by atoms with Crippen LogP contribution in [0.25, 0.3) is 0 Å². The smallest absolute Gasteiger partial charge is 0.337 e. The quantitative estimate of drug-likeness (QED) is 0.740. The molecule has 2 aromatic rings. The van der Waals surface area contributed by atoms with E-state index < -0.39 is 23.2 Å². The second-order valence-electron chi connectivity index (χ2n) is 8.07. The van der Waals surface area contributed by atoms with Crippen molar-refractivity contribution in [2.24, 2.45) is 17.1 Å². The summed E-state index contributed by atoms with van der Waals surface area (Å²) in [5, 5.41) is 30.7. The van der Waals surface area contributed by atoms with Crippen LogP contribution >= 0.6 is 11.6 Å². The van der Waals surface area contributed by atoms with Crippen molar-refractivity contribution in [2.45, 2.75) is 12.5 Å². The normalized spacial score (nSPS) is 22.3. The topological polar surface area (TPSA) is 114 Å². The predicted molar refractivity (Wildman–Crippen MR) is 120 cm³/mol. The number of hydrogen-bond donors (Lipinski definition) is 2. The molecule has 0 amide bonds. The number of halogens is 1. The third-order valence-electron chi connectivity index (χ3n) is 6.33. The lowest BCUT2D eigenvalue weighted by Gasteiger charge is -2.46. The minimum atomic E-state index is -1.85. The fourth-order valence-electron chi connectivity index (χ4n) is 4.90. The maximum atomic E-state index is 12.2. The molecule has 0 radical (unpaired) electrons. The van der Waals surface area contributed by atoms with Crippen molar-refractivity contribution in [1.29, 1.82) is 10.5 Å². The average molecular weight is 445 g/mol. The number of fused-ring (bicyclic) bond motifs is 1. The summed E-state index contributed by atoms with van der Waals surface area (Å²) in [5.74, 6) is -2.38. The Morgan fingerprint density at radius 3 is 2.44 bits per heavy atom. The average Bonchev–Trinajstić information content (AvgIpc) is 2.79. The van der Waals surface area contributed by atoms with Crippen molar-refractivity contribution in [2.75, 3.05) is 13.1 Å². The van der Waals surface area contributed by atoms with E-state index in [1.165, 1.54) is 0 Å². The lowest BCUT2D eigenvalue weighted by molar-refractivity contribution is -0.132. The van der Waals surface area contributed by atoms with Crippen LogP contribution < -0.4 is 5.73 Å². The molecule has 0 saturated carbocycles. The number of carboxylic acid groups (broad SMARTS) is 1. The highest BCUT2D eigenvalue weighted by atomic mass is 35.5. The number of nitrogens with zero attached hydrogens (tertiary/aromatic N) is 3. The van der Waals surface area contributed by atoms with Gasteiger partial charge >= 0.3 is 5.97 Å². The minimum Gasteiger partial charge on any atom is -0.478 e. The van der Waals surface area contributed by atoms with E-state index in [2.05, 4.69) is 17.0 Å². The Bertz CT molecular complexity index is 1190. The third-order valence-corrected chi connectivity index (χ3v) is 6.68. The maximum absolute atomic E-state index is 12.2. The number of nitriles is 2. The molecule has 7 heteroatoms. The summed E-state index contributed by atoms with van der Waals surface area (Å²) in [6.45, 7) is 1.65. The summed E-state index contributed by atoms with van der Waals surface area (Å²) in [5.41, 5.74) is 6.36. The number of carbonyl (C=O) groups is 1. The van der Waals surface area contributed by atoms with Crippen molar-refractivity contribution in [3.8, 4) is 12.1 Å². The molecule has 0 fully saturated rings. The standard InChI is InChI=1S/C25H21ClN4O2/c26-20-9-5-4-8-18(20)22-19-13-30(12-16-6-2-1-3-7-16)11-10-17(19)21(24(31)32)23(29)25(22,14-27)15-28/h1-10,19,22H,11-13,29H2,(H,31,32)/t19-,22+/m1/s1. The molecule has 0 spiro atoms. The fraction of sp³-hybridized carbons (Fsp3) is 0.240. The summed E-state index contributed by atoms with van der Waals surface area (Å²) >= 11 is 6.52. The first-order valence-electron chi connectivity index (χ1n) is 10.2. The van der Waals surface area contributed by atoms with E-state index in [0.29, 0.717) is 35.8 Å². The van der Waals surface area contributed by atoms with Gasteiger partial charge in [-0.05, 0) is 22.8 Å². The number of benzene rings is 2. The Labute approximate surface area is 191 Å². The summed E-state index contributed by atoms with van der Waals surface area (Å²) in [7, 11) is 0. The molecule has 2 aliphatic rings. The molecule has 32 heavy (non-hydrogen) atoms. The molecule has 4 rings (SSSR count). The maximum Gasteiger partial charge on any atom is 0.337 e. The van der Waals surface area contributed by atoms with E-state index in [-0.39, 0.29) is 11.3 Å². The van der Waals surface area contributed by atoms with E-state index in [0.717, 1.165) is 5.56 Å². The second-order valence-corrected chi connectivity index (χ2v) is 8.48. The zero-order chi connectivity index (χ0) is 22.9. The van der Waals surface area contributed by atoms with Crippen LogP contribution in [0.4, 0.5) is 0 Å². The summed E-state index contributed by atoms with van der Waals surface area (Å²) < 4.78 is 0. The molecule has 1 heterocycles. The van der Waals surface area contributed by atoms with E-state index in [1.807, 2.05) is 36.4 Å². The molecule has 2 atom stereocenters. The van der Waals surface area contributed by atoms with Gasteiger partial charge in [-0.3, -0.25) is 4.90 Å². The van der Waals surface area contributed by atoms with Crippen LogP contribution in [0.3, 0.4) is 0 Å². The van der Waals surface area contributed by atoms with Crippen LogP contribution in [0.5, 0.6) is 0 Å². The van der Waals surface area contributed by atoms with E-state index in [1.54, 1.807) is 24.3 Å². The number of nitrogens with two attached hydrogens (primary N) is 1. The third kappa shape index (κ3) is 3.44. The largest absolute Gasteiger partial charge is 0.478 e. The van der Waals surface area contributed by atoms with E-state index in [9.17, 15) is 20.4 Å². The van der Waals surface area contributed by atoms with Gasteiger partial charge in [0.2, 0.25) is 0 Å². The van der Waals surface area contributed by atoms with Crippen LogP contribution in [0.15, 0.2) is 77.5 Å². The van der Waals surface area contributed by atoms with Crippen molar-refractivity contribution in [3.05, 3.63) is 93.7 Å². The summed E-state index contributed by atoms with van der Waals surface area (Å²) in [4.78, 5) is 14.4. The monoisotopic (exact) mass is 444 g/mol. The molecule has 160 valence electrons. The number of carboxylic acids is 1. The molecular weight excluding hydrogens is 424 g/mol. The number of hydrogen-bond acceptors (Lipinski definition) is 5. The first-order valence-corrected chi connectivity index (χ1v) is 10.6. The zero-order valence-corrected chi connectivity index (χ0v) is 18.0. The highest BCUT2D eigenvalue weighted by molar-refractivity contribution is 6.31. The van der Waals surface area contributed by atoms with Crippen LogP contribution in [0.2, 0.25) is 5.02 Å². The van der Waals surface area contributed by atoms with Crippen molar-refractivity contribution in [1.82, 2.24) is 4.90 Å². The van der Waals surface area contributed by atoms with Crippen molar-refractivity contribution >= 4 is 17.6 Å². The molecule has 0 aromatic heterocycles. The first-order chi connectivity index (χ1) is 15.4. The molecule has 1 aliphatic carbocycles. The van der Waals surface area contributed by atoms with Gasteiger partial charge in [0, 0.05) is 36.5 Å².